The van der Waals surface area contributed by atoms with Crippen molar-refractivity contribution < 1.29 is 9.47 Å². The van der Waals surface area contributed by atoms with Gasteiger partial charge in [0.2, 0.25) is 11.8 Å². The van der Waals surface area contributed by atoms with Gasteiger partial charge in [-0.3, -0.25) is 0 Å². The molecule has 0 fully saturated rings. The van der Waals surface area contributed by atoms with Gasteiger partial charge in [-0.1, -0.05) is 53.7 Å². The zero-order valence-corrected chi connectivity index (χ0v) is 18.6. The summed E-state index contributed by atoms with van der Waals surface area (Å²) < 4.78 is 11.7. The minimum Gasteiger partial charge on any atom is -0.474 e. The van der Waals surface area contributed by atoms with E-state index < -0.39 is 0 Å². The van der Waals surface area contributed by atoms with Gasteiger partial charge < -0.3 is 9.47 Å². The quantitative estimate of drug-likeness (QED) is 0.751. The normalized spacial score (nSPS) is 21.7. The Hall–Kier alpha value is -2.76. The second kappa shape index (κ2) is 7.49. The standard InChI is InChI=1S/C24H30N4O2/c1-23(2,3)19-13-29-21(27-19)17-11-7-9-15(25-17)16-10-8-12-18(26-16)22-28-20(14-30-22)24(4,5)6/h7-12,19-20H,13-14H2,1-6H3. The largest absolute Gasteiger partial charge is 0.474 e. The van der Waals surface area contributed by atoms with Gasteiger partial charge in [0.05, 0.1) is 23.5 Å². The lowest BCUT2D eigenvalue weighted by atomic mass is 9.88. The van der Waals surface area contributed by atoms with Crippen LogP contribution in [0.5, 0.6) is 0 Å². The van der Waals surface area contributed by atoms with E-state index in [2.05, 4.69) is 41.5 Å². The molecule has 6 heteroatoms. The topological polar surface area (TPSA) is 69.0 Å². The Kier molecular flexibility index (Phi) is 5.12. The zero-order valence-electron chi connectivity index (χ0n) is 18.6. The molecular formula is C24H30N4O2. The molecule has 158 valence electrons. The fourth-order valence-electron chi connectivity index (χ4n) is 3.31. The predicted octanol–water partition coefficient (Wildman–Crippen LogP) is 4.53. The predicted molar refractivity (Wildman–Crippen MR) is 119 cm³/mol. The maximum Gasteiger partial charge on any atom is 0.235 e. The Labute approximate surface area is 178 Å². The molecule has 0 spiro atoms. The lowest BCUT2D eigenvalue weighted by molar-refractivity contribution is 0.235. The molecule has 0 aromatic carbocycles. The average molecular weight is 407 g/mol. The zero-order chi connectivity index (χ0) is 21.5. The van der Waals surface area contributed by atoms with Gasteiger partial charge in [-0.05, 0) is 35.1 Å². The summed E-state index contributed by atoms with van der Waals surface area (Å²) in [7, 11) is 0. The van der Waals surface area contributed by atoms with Crippen LogP contribution in [0.4, 0.5) is 0 Å². The van der Waals surface area contributed by atoms with Crippen LogP contribution in [0.2, 0.25) is 0 Å². The average Bonchev–Trinajstić information content (AvgIpc) is 3.38. The first-order valence-electron chi connectivity index (χ1n) is 10.5. The van der Waals surface area contributed by atoms with Gasteiger partial charge in [0, 0.05) is 0 Å². The third kappa shape index (κ3) is 4.23. The van der Waals surface area contributed by atoms with Gasteiger partial charge in [0.25, 0.3) is 0 Å². The molecule has 0 saturated heterocycles. The Balaban J connectivity index is 1.61. The van der Waals surface area contributed by atoms with E-state index in [1.165, 1.54) is 0 Å². The highest BCUT2D eigenvalue weighted by atomic mass is 16.5. The minimum absolute atomic E-state index is 0.0577. The summed E-state index contributed by atoms with van der Waals surface area (Å²) in [5.41, 5.74) is 3.11. The molecule has 0 amide bonds. The van der Waals surface area contributed by atoms with Crippen LogP contribution in [0, 0.1) is 10.8 Å². The molecule has 2 aliphatic heterocycles. The van der Waals surface area contributed by atoms with Crippen LogP contribution in [0.25, 0.3) is 11.4 Å². The van der Waals surface area contributed by atoms with Crippen molar-refractivity contribution in [1.82, 2.24) is 9.97 Å². The minimum atomic E-state index is 0.0577. The van der Waals surface area contributed by atoms with Crippen LogP contribution in [-0.4, -0.2) is 47.1 Å². The van der Waals surface area contributed by atoms with E-state index in [4.69, 9.17) is 29.4 Å². The van der Waals surface area contributed by atoms with Gasteiger partial charge in [-0.2, -0.15) is 0 Å². The number of nitrogens with zero attached hydrogens (tertiary/aromatic N) is 4. The molecule has 2 unspecified atom stereocenters. The van der Waals surface area contributed by atoms with E-state index in [1.807, 2.05) is 36.4 Å². The smallest absolute Gasteiger partial charge is 0.235 e. The van der Waals surface area contributed by atoms with Crippen molar-refractivity contribution in [2.75, 3.05) is 13.2 Å². The van der Waals surface area contributed by atoms with Crippen LogP contribution in [0.3, 0.4) is 0 Å². The van der Waals surface area contributed by atoms with Crippen molar-refractivity contribution in [3.05, 3.63) is 47.8 Å². The Morgan fingerprint density at radius 3 is 1.33 bits per heavy atom. The monoisotopic (exact) mass is 406 g/mol. The van der Waals surface area contributed by atoms with E-state index in [0.717, 1.165) is 22.8 Å². The molecule has 0 saturated carbocycles. The number of pyridine rings is 2. The fourth-order valence-corrected chi connectivity index (χ4v) is 3.31. The van der Waals surface area contributed by atoms with E-state index >= 15 is 0 Å². The molecule has 6 nitrogen and oxygen atoms in total. The summed E-state index contributed by atoms with van der Waals surface area (Å²) >= 11 is 0. The SMILES string of the molecule is CC(C)(C)C1COC(c2cccc(-c3cccc(C4=NC(C(C)(C)C)CO4)n3)n2)=N1. The number of hydrogen-bond acceptors (Lipinski definition) is 6. The number of aromatic nitrogens is 2. The second-order valence-electron chi connectivity index (χ2n) is 10.1. The molecule has 4 rings (SSSR count). The number of ether oxygens (including phenoxy) is 2. The molecule has 0 N–H and O–H groups in total. The van der Waals surface area contributed by atoms with Crippen molar-refractivity contribution in [1.29, 1.82) is 0 Å². The first kappa shape index (κ1) is 20.5. The summed E-state index contributed by atoms with van der Waals surface area (Å²) in [6.07, 6.45) is 0. The van der Waals surface area contributed by atoms with E-state index in [0.29, 0.717) is 25.0 Å². The third-order valence-electron chi connectivity index (χ3n) is 5.50. The van der Waals surface area contributed by atoms with Crippen LogP contribution in [0.1, 0.15) is 52.9 Å². The number of hydrogen-bond donors (Lipinski definition) is 0. The molecule has 0 bridgehead atoms. The lowest BCUT2D eigenvalue weighted by Gasteiger charge is -2.21. The number of rotatable bonds is 3. The second-order valence-corrected chi connectivity index (χ2v) is 10.1. The van der Waals surface area contributed by atoms with Crippen molar-refractivity contribution >= 4 is 11.8 Å². The summed E-state index contributed by atoms with van der Waals surface area (Å²) in [6.45, 7) is 14.2. The van der Waals surface area contributed by atoms with Gasteiger partial charge in [-0.15, -0.1) is 0 Å². The Morgan fingerprint density at radius 1 is 0.633 bits per heavy atom. The Morgan fingerprint density at radius 2 is 1.00 bits per heavy atom. The first-order valence-corrected chi connectivity index (χ1v) is 10.5. The highest BCUT2D eigenvalue weighted by molar-refractivity contribution is 5.95. The van der Waals surface area contributed by atoms with Gasteiger partial charge in [0.1, 0.15) is 24.6 Å². The summed E-state index contributed by atoms with van der Waals surface area (Å²) in [6, 6.07) is 11.9. The molecule has 2 aliphatic rings. The molecule has 4 heterocycles. The maximum absolute atomic E-state index is 5.85. The Bertz CT molecular complexity index is 917. The molecule has 0 radical (unpaired) electrons. The molecule has 30 heavy (non-hydrogen) atoms. The highest BCUT2D eigenvalue weighted by Gasteiger charge is 2.32. The lowest BCUT2D eigenvalue weighted by Crippen LogP contribution is -2.25. The molecule has 2 aromatic rings. The van der Waals surface area contributed by atoms with E-state index in [9.17, 15) is 0 Å². The van der Waals surface area contributed by atoms with Gasteiger partial charge >= 0.3 is 0 Å². The van der Waals surface area contributed by atoms with Crippen LogP contribution in [-0.2, 0) is 9.47 Å². The van der Waals surface area contributed by atoms with Crippen molar-refractivity contribution in [2.45, 2.75) is 53.6 Å². The molecule has 2 aromatic heterocycles. The third-order valence-corrected chi connectivity index (χ3v) is 5.50. The van der Waals surface area contributed by atoms with Crippen LogP contribution in [0.15, 0.2) is 46.4 Å². The molecule has 2 atom stereocenters. The summed E-state index contributed by atoms with van der Waals surface area (Å²) in [5.74, 6) is 1.20. The summed E-state index contributed by atoms with van der Waals surface area (Å²) in [4.78, 5) is 19.0. The first-order chi connectivity index (χ1) is 14.1. The van der Waals surface area contributed by atoms with Crippen molar-refractivity contribution in [2.24, 2.45) is 20.8 Å². The molecular weight excluding hydrogens is 376 g/mol. The van der Waals surface area contributed by atoms with Crippen LogP contribution >= 0.6 is 0 Å². The summed E-state index contributed by atoms with van der Waals surface area (Å²) in [5, 5.41) is 0. The van der Waals surface area contributed by atoms with E-state index in [-0.39, 0.29) is 22.9 Å². The van der Waals surface area contributed by atoms with E-state index in [1.54, 1.807) is 0 Å². The maximum atomic E-state index is 5.85. The highest BCUT2D eigenvalue weighted by Crippen LogP contribution is 2.29. The fraction of sp³-hybridized carbons (Fsp3) is 0.500. The van der Waals surface area contributed by atoms with Gasteiger partial charge in [-0.25, -0.2) is 20.0 Å². The van der Waals surface area contributed by atoms with Gasteiger partial charge in [0.15, 0.2) is 0 Å². The number of aliphatic imine (C=N–C) groups is 2. The molecule has 0 aliphatic carbocycles. The van der Waals surface area contributed by atoms with Crippen molar-refractivity contribution in [3.63, 3.8) is 0 Å². The van der Waals surface area contributed by atoms with Crippen LogP contribution < -0.4 is 0 Å². The van der Waals surface area contributed by atoms with Crippen molar-refractivity contribution in [3.8, 4) is 11.4 Å².